The molecule has 0 amide bonds. The SMILES string of the molecule is Cc1ccc(Nc2c3cc(Cl)ccc3nn2-c2ccc(C)cc2)cc1. The second-order valence-electron chi connectivity index (χ2n) is 6.25. The minimum atomic E-state index is 0.697. The number of hydrogen-bond donors (Lipinski definition) is 1. The maximum absolute atomic E-state index is 6.23. The van der Waals surface area contributed by atoms with E-state index in [1.54, 1.807) is 0 Å². The molecule has 1 N–H and O–H groups in total. The fraction of sp³-hybridized carbons (Fsp3) is 0.0952. The predicted molar refractivity (Wildman–Crippen MR) is 105 cm³/mol. The molecule has 1 aromatic heterocycles. The number of aromatic nitrogens is 2. The van der Waals surface area contributed by atoms with E-state index in [0.29, 0.717) is 5.02 Å². The summed E-state index contributed by atoms with van der Waals surface area (Å²) in [5.74, 6) is 0.908. The van der Waals surface area contributed by atoms with E-state index in [-0.39, 0.29) is 0 Å². The summed E-state index contributed by atoms with van der Waals surface area (Å²) < 4.78 is 1.93. The van der Waals surface area contributed by atoms with Crippen LogP contribution in [0.5, 0.6) is 0 Å². The van der Waals surface area contributed by atoms with Crippen LogP contribution in [0.15, 0.2) is 66.7 Å². The van der Waals surface area contributed by atoms with Crippen LogP contribution in [0.2, 0.25) is 5.02 Å². The molecule has 0 aliphatic carbocycles. The molecule has 124 valence electrons. The first kappa shape index (κ1) is 15.7. The van der Waals surface area contributed by atoms with E-state index >= 15 is 0 Å². The topological polar surface area (TPSA) is 29.9 Å². The van der Waals surface area contributed by atoms with E-state index in [2.05, 4.69) is 67.7 Å². The van der Waals surface area contributed by atoms with Gasteiger partial charge >= 0.3 is 0 Å². The molecule has 4 heteroatoms. The zero-order chi connectivity index (χ0) is 17.4. The molecule has 0 bridgehead atoms. The van der Waals surface area contributed by atoms with E-state index in [1.165, 1.54) is 11.1 Å². The number of nitrogens with one attached hydrogen (secondary N) is 1. The van der Waals surface area contributed by atoms with Gasteiger partial charge in [0.2, 0.25) is 0 Å². The van der Waals surface area contributed by atoms with Gasteiger partial charge in [0.15, 0.2) is 0 Å². The number of anilines is 2. The Morgan fingerprint density at radius 2 is 1.48 bits per heavy atom. The molecule has 1 heterocycles. The molecular weight excluding hydrogens is 330 g/mol. The van der Waals surface area contributed by atoms with Gasteiger partial charge in [-0.05, 0) is 56.3 Å². The zero-order valence-corrected chi connectivity index (χ0v) is 14.9. The fourth-order valence-corrected chi connectivity index (χ4v) is 3.00. The molecule has 0 radical (unpaired) electrons. The molecule has 0 unspecified atom stereocenters. The van der Waals surface area contributed by atoms with Crippen molar-refractivity contribution in [2.75, 3.05) is 5.32 Å². The molecule has 25 heavy (non-hydrogen) atoms. The molecule has 0 saturated heterocycles. The molecule has 4 aromatic rings. The number of nitrogens with zero attached hydrogens (tertiary/aromatic N) is 2. The highest BCUT2D eigenvalue weighted by Gasteiger charge is 2.13. The highest BCUT2D eigenvalue weighted by Crippen LogP contribution is 2.31. The van der Waals surface area contributed by atoms with Crippen LogP contribution in [0.4, 0.5) is 11.5 Å². The van der Waals surface area contributed by atoms with Crippen molar-refractivity contribution in [2.24, 2.45) is 0 Å². The lowest BCUT2D eigenvalue weighted by Crippen LogP contribution is -2.02. The quantitative estimate of drug-likeness (QED) is 0.489. The van der Waals surface area contributed by atoms with Gasteiger partial charge in [-0.3, -0.25) is 0 Å². The average Bonchev–Trinajstić information content (AvgIpc) is 2.95. The summed E-state index contributed by atoms with van der Waals surface area (Å²) in [5, 5.41) is 9.96. The maximum Gasteiger partial charge on any atom is 0.142 e. The minimum absolute atomic E-state index is 0.697. The fourth-order valence-electron chi connectivity index (χ4n) is 2.82. The number of halogens is 1. The summed E-state index contributed by atoms with van der Waals surface area (Å²) in [5.41, 5.74) is 5.37. The molecule has 0 fully saturated rings. The third-order valence-corrected chi connectivity index (χ3v) is 4.46. The maximum atomic E-state index is 6.23. The third kappa shape index (κ3) is 3.11. The second kappa shape index (κ2) is 6.26. The lowest BCUT2D eigenvalue weighted by Gasteiger charge is -2.11. The van der Waals surface area contributed by atoms with Gasteiger partial charge in [0.1, 0.15) is 5.82 Å². The lowest BCUT2D eigenvalue weighted by molar-refractivity contribution is 0.903. The number of benzene rings is 3. The van der Waals surface area contributed by atoms with Gasteiger partial charge in [-0.2, -0.15) is 5.10 Å². The molecule has 0 atom stereocenters. The molecule has 3 nitrogen and oxygen atoms in total. The third-order valence-electron chi connectivity index (χ3n) is 4.23. The minimum Gasteiger partial charge on any atom is -0.340 e. The van der Waals surface area contributed by atoms with Crippen molar-refractivity contribution in [3.8, 4) is 5.69 Å². The monoisotopic (exact) mass is 347 g/mol. The van der Waals surface area contributed by atoms with Gasteiger partial charge in [0.05, 0.1) is 11.2 Å². The average molecular weight is 348 g/mol. The number of fused-ring (bicyclic) bond motifs is 1. The summed E-state index contributed by atoms with van der Waals surface area (Å²) >= 11 is 6.23. The van der Waals surface area contributed by atoms with Crippen molar-refractivity contribution in [2.45, 2.75) is 13.8 Å². The van der Waals surface area contributed by atoms with Crippen molar-refractivity contribution < 1.29 is 0 Å². The van der Waals surface area contributed by atoms with Crippen molar-refractivity contribution in [1.29, 1.82) is 0 Å². The Morgan fingerprint density at radius 1 is 0.840 bits per heavy atom. The summed E-state index contributed by atoms with van der Waals surface area (Å²) in [6.45, 7) is 4.16. The van der Waals surface area contributed by atoms with Crippen molar-refractivity contribution >= 4 is 34.0 Å². The van der Waals surface area contributed by atoms with Crippen LogP contribution in [-0.2, 0) is 0 Å². The van der Waals surface area contributed by atoms with E-state index in [1.807, 2.05) is 22.9 Å². The van der Waals surface area contributed by atoms with Gasteiger partial charge in [0, 0.05) is 16.1 Å². The van der Waals surface area contributed by atoms with Gasteiger partial charge < -0.3 is 5.32 Å². The van der Waals surface area contributed by atoms with E-state index in [4.69, 9.17) is 16.7 Å². The lowest BCUT2D eigenvalue weighted by atomic mass is 10.2. The van der Waals surface area contributed by atoms with Crippen LogP contribution in [-0.4, -0.2) is 9.78 Å². The number of hydrogen-bond acceptors (Lipinski definition) is 2. The molecule has 0 saturated carbocycles. The normalized spacial score (nSPS) is 11.0. The Kier molecular flexibility index (Phi) is 3.94. The van der Waals surface area contributed by atoms with Crippen molar-refractivity contribution in [3.05, 3.63) is 82.9 Å². The Balaban J connectivity index is 1.89. The summed E-state index contributed by atoms with van der Waals surface area (Å²) in [6.07, 6.45) is 0. The number of aryl methyl sites for hydroxylation is 2. The van der Waals surface area contributed by atoms with Crippen LogP contribution in [0.3, 0.4) is 0 Å². The standard InChI is InChI=1S/C21H18ClN3/c1-14-3-8-17(9-4-14)23-21-19-13-16(22)7-12-20(19)24-25(21)18-10-5-15(2)6-11-18/h3-13,23H,1-2H3. The summed E-state index contributed by atoms with van der Waals surface area (Å²) in [7, 11) is 0. The zero-order valence-electron chi connectivity index (χ0n) is 14.1. The first-order valence-electron chi connectivity index (χ1n) is 8.19. The largest absolute Gasteiger partial charge is 0.340 e. The first-order chi connectivity index (χ1) is 12.1. The van der Waals surface area contributed by atoms with Crippen LogP contribution >= 0.6 is 11.6 Å². The van der Waals surface area contributed by atoms with Crippen molar-refractivity contribution in [3.63, 3.8) is 0 Å². The van der Waals surface area contributed by atoms with E-state index in [9.17, 15) is 0 Å². The molecular formula is C21H18ClN3. The Morgan fingerprint density at radius 3 is 2.16 bits per heavy atom. The Hall–Kier alpha value is -2.78. The Bertz CT molecular complexity index is 1030. The molecule has 0 aliphatic rings. The summed E-state index contributed by atoms with van der Waals surface area (Å²) in [4.78, 5) is 0. The molecule has 4 rings (SSSR count). The van der Waals surface area contributed by atoms with Crippen LogP contribution in [0.25, 0.3) is 16.6 Å². The smallest absolute Gasteiger partial charge is 0.142 e. The van der Waals surface area contributed by atoms with Crippen molar-refractivity contribution in [1.82, 2.24) is 9.78 Å². The first-order valence-corrected chi connectivity index (χ1v) is 8.57. The van der Waals surface area contributed by atoms with Gasteiger partial charge in [-0.1, -0.05) is 47.0 Å². The molecule has 3 aromatic carbocycles. The highest BCUT2D eigenvalue weighted by atomic mass is 35.5. The van der Waals surface area contributed by atoms with Crippen LogP contribution < -0.4 is 5.32 Å². The highest BCUT2D eigenvalue weighted by molar-refractivity contribution is 6.31. The Labute approximate surface area is 151 Å². The second-order valence-corrected chi connectivity index (χ2v) is 6.68. The van der Waals surface area contributed by atoms with Crippen LogP contribution in [0, 0.1) is 13.8 Å². The molecule has 0 aliphatic heterocycles. The molecule has 0 spiro atoms. The van der Waals surface area contributed by atoms with Crippen LogP contribution in [0.1, 0.15) is 11.1 Å². The van der Waals surface area contributed by atoms with Gasteiger partial charge in [-0.25, -0.2) is 4.68 Å². The van der Waals surface area contributed by atoms with E-state index in [0.717, 1.165) is 28.1 Å². The van der Waals surface area contributed by atoms with Gasteiger partial charge in [-0.15, -0.1) is 0 Å². The summed E-state index contributed by atoms with van der Waals surface area (Å²) in [6, 6.07) is 22.4. The predicted octanol–water partition coefficient (Wildman–Crippen LogP) is 6.04. The number of rotatable bonds is 3. The van der Waals surface area contributed by atoms with E-state index < -0.39 is 0 Å². The van der Waals surface area contributed by atoms with Gasteiger partial charge in [0.25, 0.3) is 0 Å².